The summed E-state index contributed by atoms with van der Waals surface area (Å²) in [6.45, 7) is 0. The Morgan fingerprint density at radius 1 is 1.14 bits per heavy atom. The van der Waals surface area contributed by atoms with Crippen LogP contribution in [-0.4, -0.2) is 14.2 Å². The molecule has 6 nitrogen and oxygen atoms in total. The molecule has 2 N–H and O–H groups in total. The highest BCUT2D eigenvalue weighted by atomic mass is 32.2. The molecule has 0 amide bonds. The Morgan fingerprint density at radius 2 is 1.79 bits per heavy atom. The highest BCUT2D eigenvalue weighted by molar-refractivity contribution is 7.86. The Kier molecular flexibility index (Phi) is 4.11. The first-order chi connectivity index (χ1) is 14.3. The van der Waals surface area contributed by atoms with Gasteiger partial charge in [-0.15, -0.1) is 0 Å². The van der Waals surface area contributed by atoms with Crippen LogP contribution in [0, 0.1) is 0 Å². The van der Waals surface area contributed by atoms with Crippen LogP contribution in [0.2, 0.25) is 2.82 Å². The van der Waals surface area contributed by atoms with Crippen LogP contribution >= 0.6 is 0 Å². The Bertz CT molecular complexity index is 1120. The summed E-state index contributed by atoms with van der Waals surface area (Å²) in [5.41, 5.74) is -1.34. The molecular formula is C18H14F3NO5S. The van der Waals surface area contributed by atoms with Crippen molar-refractivity contribution in [3.8, 4) is 0 Å². The zero-order valence-corrected chi connectivity index (χ0v) is 14.8. The van der Waals surface area contributed by atoms with Gasteiger partial charge in [0.25, 0.3) is 0 Å². The van der Waals surface area contributed by atoms with Gasteiger partial charge in [0.2, 0.25) is 17.4 Å². The summed E-state index contributed by atoms with van der Waals surface area (Å²) in [7, 11) is -4.46. The molecule has 0 saturated carbocycles. The van der Waals surface area contributed by atoms with Crippen LogP contribution in [0.15, 0.2) is 66.2 Å². The van der Waals surface area contributed by atoms with Crippen LogP contribution in [0.3, 0.4) is 0 Å². The monoisotopic (exact) mass is 416 g/mol. The molecule has 1 aliphatic rings. The fourth-order valence-electron chi connectivity index (χ4n) is 2.40. The number of Topliss-reactive ketones (excluding diaryl/α,β-unsaturated/α-hetero) is 1. The second-order valence-corrected chi connectivity index (χ2v) is 7.31. The average Bonchev–Trinajstić information content (AvgIpc) is 2.94. The topological polar surface area (TPSA) is 95.7 Å². The van der Waals surface area contributed by atoms with Crippen molar-refractivity contribution in [2.24, 2.45) is 5.72 Å². The number of halogens is 3. The third kappa shape index (κ3) is 4.28. The molecule has 0 unspecified atom stereocenters. The molecule has 0 spiro atoms. The second kappa shape index (κ2) is 7.19. The van der Waals surface area contributed by atoms with Crippen molar-refractivity contribution in [1.82, 2.24) is 0 Å². The Morgan fingerprint density at radius 3 is 2.36 bits per heavy atom. The van der Waals surface area contributed by atoms with E-state index in [1.807, 2.05) is 0 Å². The molecule has 10 heteroatoms. The van der Waals surface area contributed by atoms with Crippen molar-refractivity contribution in [3.63, 3.8) is 0 Å². The number of ketones is 1. The summed E-state index contributed by atoms with van der Waals surface area (Å²) in [6.07, 6.45) is -7.39. The van der Waals surface area contributed by atoms with Crippen molar-refractivity contribution < 1.29 is 39.5 Å². The van der Waals surface area contributed by atoms with E-state index in [1.165, 1.54) is 12.1 Å². The fourth-order valence-corrected chi connectivity index (χ4v) is 3.46. The van der Waals surface area contributed by atoms with Crippen LogP contribution in [0.4, 0.5) is 13.2 Å². The van der Waals surface area contributed by atoms with Gasteiger partial charge in [-0.2, -0.15) is 21.6 Å². The van der Waals surface area contributed by atoms with E-state index in [1.54, 1.807) is 18.2 Å². The van der Waals surface area contributed by atoms with E-state index in [4.69, 9.17) is 13.1 Å². The number of hydrogen-bond acceptors (Lipinski definition) is 6. The van der Waals surface area contributed by atoms with Gasteiger partial charge in [-0.1, -0.05) is 42.5 Å². The number of ether oxygens (including phenoxy) is 1. The summed E-state index contributed by atoms with van der Waals surface area (Å²) in [6, 6.07) is 10.6. The summed E-state index contributed by atoms with van der Waals surface area (Å²) in [5, 5.41) is 0. The largest absolute Gasteiger partial charge is 0.460 e. The van der Waals surface area contributed by atoms with Gasteiger partial charge >= 0.3 is 16.3 Å². The smallest absolute Gasteiger partial charge is 0.416 e. The number of carbonyl (C=O) groups excluding carboxylic acids is 1. The second-order valence-electron chi connectivity index (χ2n) is 5.74. The van der Waals surface area contributed by atoms with Crippen LogP contribution in [0.5, 0.6) is 0 Å². The lowest BCUT2D eigenvalue weighted by atomic mass is 10.0. The van der Waals surface area contributed by atoms with Gasteiger partial charge in [0.05, 0.1) is 6.93 Å². The highest BCUT2D eigenvalue weighted by Crippen LogP contribution is 2.35. The maximum absolute atomic E-state index is 12.8. The summed E-state index contributed by atoms with van der Waals surface area (Å²) in [5.74, 6) is -4.12. The number of nitrogens with two attached hydrogens (primary N) is 1. The standard InChI is InChI=1S/C18H14F3NO5S/c19-18(20,21)13-8-6-12(7-9-13)15-14(23)16(17(22)26-15)27-28(24,25)10-11-4-2-1-3-5-11/h1-9,15H,10,22H2/t15-/m1/s1/i15D/hD2. The number of alkyl halides is 3. The first kappa shape index (κ1) is 16.0. The summed E-state index contributed by atoms with van der Waals surface area (Å²) < 4.78 is 95.8. The van der Waals surface area contributed by atoms with Crippen LogP contribution < -0.4 is 5.72 Å². The van der Waals surface area contributed by atoms with Gasteiger partial charge in [0, 0.05) is 5.56 Å². The molecule has 28 heavy (non-hydrogen) atoms. The predicted molar refractivity (Wildman–Crippen MR) is 91.6 cm³/mol. The van der Waals surface area contributed by atoms with Crippen molar-refractivity contribution in [2.75, 3.05) is 0 Å². The van der Waals surface area contributed by atoms with E-state index < -0.39 is 51.1 Å². The van der Waals surface area contributed by atoms with Crippen LogP contribution in [-0.2, 0) is 35.8 Å². The quantitative estimate of drug-likeness (QED) is 0.728. The molecule has 2 aromatic rings. The third-order valence-electron chi connectivity index (χ3n) is 3.68. The number of benzene rings is 2. The van der Waals surface area contributed by atoms with Crippen molar-refractivity contribution in [3.05, 3.63) is 82.9 Å². The molecule has 1 heterocycles. The maximum atomic E-state index is 12.8. The lowest BCUT2D eigenvalue weighted by Crippen LogP contribution is -2.16. The van der Waals surface area contributed by atoms with Crippen molar-refractivity contribution in [1.29, 1.82) is 0 Å². The van der Waals surface area contributed by atoms with Gasteiger partial charge in [0.1, 0.15) is 5.75 Å². The number of hydrogen-bond donors (Lipinski definition) is 1. The van der Waals surface area contributed by atoms with E-state index >= 15 is 0 Å². The summed E-state index contributed by atoms with van der Waals surface area (Å²) in [4.78, 5) is 12.8. The van der Waals surface area contributed by atoms with E-state index in [2.05, 4.69) is 0 Å². The SMILES string of the molecule is [2H]N([2H])C1=C(OS(=O)(=O)Cc2ccccc2)C(=O)[C@@]([2H])(c2ccc(C(F)(F)F)cc2)O1. The van der Waals surface area contributed by atoms with Crippen molar-refractivity contribution >= 4 is 15.9 Å². The molecule has 0 aliphatic carbocycles. The minimum absolute atomic E-state index is 0.258. The Labute approximate surface area is 162 Å². The number of rotatable bonds is 6. The predicted octanol–water partition coefficient (Wildman–Crippen LogP) is 3.02. The molecule has 0 radical (unpaired) electrons. The number of carbonyl (C=O) groups is 1. The minimum atomic E-state index is -4.66. The molecule has 1 aliphatic heterocycles. The zero-order chi connectivity index (χ0) is 23.0. The molecule has 1 atom stereocenters. The molecule has 3 rings (SSSR count). The molecule has 0 saturated heterocycles. The zero-order valence-electron chi connectivity index (χ0n) is 16.9. The molecule has 0 fully saturated rings. The minimum Gasteiger partial charge on any atom is -0.460 e. The van der Waals surface area contributed by atoms with Gasteiger partial charge < -0.3 is 14.6 Å². The molecular weight excluding hydrogens is 399 g/mol. The lowest BCUT2D eigenvalue weighted by molar-refractivity contribution is -0.137. The average molecular weight is 416 g/mol. The first-order valence-corrected chi connectivity index (χ1v) is 9.31. The van der Waals surface area contributed by atoms with Gasteiger partial charge in [-0.25, -0.2) is 0 Å². The van der Waals surface area contributed by atoms with Crippen LogP contribution in [0.25, 0.3) is 0 Å². The molecule has 0 aromatic heterocycles. The molecule has 0 bridgehead atoms. The van der Waals surface area contributed by atoms with Crippen LogP contribution in [0.1, 0.15) is 24.1 Å². The van der Waals surface area contributed by atoms with Gasteiger partial charge in [0.15, 0.2) is 8.90 Å². The third-order valence-corrected chi connectivity index (χ3v) is 4.78. The van der Waals surface area contributed by atoms with Gasteiger partial charge in [-0.05, 0) is 17.7 Å². The first-order valence-electron chi connectivity index (χ1n) is 9.13. The lowest BCUT2D eigenvalue weighted by Gasteiger charge is -2.12. The van der Waals surface area contributed by atoms with E-state index in [-0.39, 0.29) is 11.3 Å². The summed E-state index contributed by atoms with van der Waals surface area (Å²) >= 11 is 0. The maximum Gasteiger partial charge on any atom is 0.416 e. The normalized spacial score (nSPS) is 21.5. The van der Waals surface area contributed by atoms with E-state index in [0.29, 0.717) is 17.7 Å². The fraction of sp³-hybridized carbons (Fsp3) is 0.167. The molecule has 148 valence electrons. The Balaban J connectivity index is 1.92. The highest BCUT2D eigenvalue weighted by Gasteiger charge is 2.40. The van der Waals surface area contributed by atoms with Crippen molar-refractivity contribution in [2.45, 2.75) is 18.0 Å². The Hall–Kier alpha value is -3.01. The van der Waals surface area contributed by atoms with E-state index in [0.717, 1.165) is 12.1 Å². The van der Waals surface area contributed by atoms with E-state index in [9.17, 15) is 26.4 Å². The van der Waals surface area contributed by atoms with Gasteiger partial charge in [-0.3, -0.25) is 4.79 Å². The molecule has 2 aromatic carbocycles.